The quantitative estimate of drug-likeness (QED) is 0.405. The lowest BCUT2D eigenvalue weighted by Gasteiger charge is -2.27. The molecule has 0 spiro atoms. The van der Waals surface area contributed by atoms with Crippen molar-refractivity contribution in [3.8, 4) is 0 Å². The van der Waals surface area contributed by atoms with Crippen molar-refractivity contribution in [3.63, 3.8) is 0 Å². The largest absolute Gasteiger partial charge is 0.357 e. The van der Waals surface area contributed by atoms with Gasteiger partial charge in [-0.05, 0) is 69.0 Å². The first-order chi connectivity index (χ1) is 14.5. The maximum absolute atomic E-state index is 11.9. The van der Waals surface area contributed by atoms with Crippen molar-refractivity contribution in [3.05, 3.63) is 52.2 Å². The van der Waals surface area contributed by atoms with Gasteiger partial charge in [-0.25, -0.2) is 18.1 Å². The van der Waals surface area contributed by atoms with Crippen LogP contribution in [0.1, 0.15) is 36.2 Å². The first kappa shape index (κ1) is 22.7. The number of hydrogen-bond acceptors (Lipinski definition) is 5. The molecule has 0 bridgehead atoms. The van der Waals surface area contributed by atoms with E-state index in [0.29, 0.717) is 12.6 Å². The van der Waals surface area contributed by atoms with Gasteiger partial charge < -0.3 is 10.6 Å². The van der Waals surface area contributed by atoms with Crippen LogP contribution in [0.5, 0.6) is 0 Å². The second-order valence-corrected chi connectivity index (χ2v) is 10.1. The summed E-state index contributed by atoms with van der Waals surface area (Å²) in [6, 6.07) is 11.5. The molecule has 1 fully saturated rings. The van der Waals surface area contributed by atoms with E-state index in [4.69, 9.17) is 0 Å². The Hall–Kier alpha value is -1.94. The Kier molecular flexibility index (Phi) is 8.26. The molecule has 30 heavy (non-hydrogen) atoms. The van der Waals surface area contributed by atoms with E-state index in [1.54, 1.807) is 35.6 Å². The Morgan fingerprint density at radius 1 is 1.17 bits per heavy atom. The fourth-order valence-electron chi connectivity index (χ4n) is 3.54. The third-order valence-electron chi connectivity index (χ3n) is 5.18. The predicted octanol–water partition coefficient (Wildman–Crippen LogP) is 2.55. The van der Waals surface area contributed by atoms with Gasteiger partial charge >= 0.3 is 0 Å². The average Bonchev–Trinajstić information content (AvgIpc) is 3.47. The fraction of sp³-hybridized carbons (Fsp3) is 0.476. The SMILES string of the molecule is CCNC(=NCc1ccc(S(=O)(=O)NC)cc1)NCC(c1cccs1)N1CCCC1. The molecule has 1 unspecified atom stereocenters. The van der Waals surface area contributed by atoms with Crippen LogP contribution in [0.2, 0.25) is 0 Å². The van der Waals surface area contributed by atoms with Gasteiger partial charge in [-0.2, -0.15) is 0 Å². The Bertz CT molecular complexity index is 905. The van der Waals surface area contributed by atoms with E-state index in [2.05, 4.69) is 42.8 Å². The number of likely N-dealkylation sites (tertiary alicyclic amines) is 1. The maximum atomic E-state index is 11.9. The second kappa shape index (κ2) is 10.9. The van der Waals surface area contributed by atoms with Crippen LogP contribution < -0.4 is 15.4 Å². The molecule has 1 atom stereocenters. The van der Waals surface area contributed by atoms with Crippen molar-refractivity contribution in [1.29, 1.82) is 0 Å². The summed E-state index contributed by atoms with van der Waals surface area (Å²) >= 11 is 1.80. The number of sulfonamides is 1. The predicted molar refractivity (Wildman–Crippen MR) is 123 cm³/mol. The summed E-state index contributed by atoms with van der Waals surface area (Å²) in [5.74, 6) is 0.769. The number of rotatable bonds is 9. The van der Waals surface area contributed by atoms with Crippen molar-refractivity contribution in [2.75, 3.05) is 33.2 Å². The zero-order chi connectivity index (χ0) is 21.4. The molecular formula is C21H31N5O2S2. The zero-order valence-electron chi connectivity index (χ0n) is 17.6. The molecule has 1 saturated heterocycles. The molecule has 2 aromatic rings. The van der Waals surface area contributed by atoms with Crippen LogP contribution in [-0.2, 0) is 16.6 Å². The summed E-state index contributed by atoms with van der Waals surface area (Å²) in [5.41, 5.74) is 0.955. The molecule has 9 heteroatoms. The Morgan fingerprint density at radius 3 is 2.50 bits per heavy atom. The highest BCUT2D eigenvalue weighted by Gasteiger charge is 2.24. The number of aliphatic imine (C=N–C) groups is 1. The maximum Gasteiger partial charge on any atom is 0.240 e. The summed E-state index contributed by atoms with van der Waals surface area (Å²) in [6.07, 6.45) is 2.52. The van der Waals surface area contributed by atoms with Gasteiger partial charge in [0, 0.05) is 18.0 Å². The third kappa shape index (κ3) is 6.04. The number of thiophene rings is 1. The number of nitrogens with zero attached hydrogens (tertiary/aromatic N) is 2. The highest BCUT2D eigenvalue weighted by atomic mass is 32.2. The zero-order valence-corrected chi connectivity index (χ0v) is 19.2. The van der Waals surface area contributed by atoms with Gasteiger partial charge in [0.05, 0.1) is 17.5 Å². The molecule has 1 aromatic carbocycles. The van der Waals surface area contributed by atoms with Gasteiger partial charge in [0.2, 0.25) is 10.0 Å². The van der Waals surface area contributed by atoms with Crippen molar-refractivity contribution < 1.29 is 8.42 Å². The highest BCUT2D eigenvalue weighted by Crippen LogP contribution is 2.27. The Morgan fingerprint density at radius 2 is 1.90 bits per heavy atom. The number of benzene rings is 1. The van der Waals surface area contributed by atoms with Crippen LogP contribution >= 0.6 is 11.3 Å². The van der Waals surface area contributed by atoms with E-state index in [9.17, 15) is 8.42 Å². The third-order valence-corrected chi connectivity index (χ3v) is 7.59. The summed E-state index contributed by atoms with van der Waals surface area (Å²) in [7, 11) is -2.01. The summed E-state index contributed by atoms with van der Waals surface area (Å²) in [6.45, 7) is 6.37. The Balaban J connectivity index is 1.65. The molecule has 164 valence electrons. The summed E-state index contributed by atoms with van der Waals surface area (Å²) < 4.78 is 26.0. The van der Waals surface area contributed by atoms with Crippen molar-refractivity contribution in [2.24, 2.45) is 4.99 Å². The number of hydrogen-bond donors (Lipinski definition) is 3. The lowest BCUT2D eigenvalue weighted by Crippen LogP contribution is -2.42. The summed E-state index contributed by atoms with van der Waals surface area (Å²) in [4.78, 5) is 8.87. The molecule has 1 aliphatic rings. The van der Waals surface area contributed by atoms with E-state index in [-0.39, 0.29) is 4.90 Å². The number of nitrogens with one attached hydrogen (secondary N) is 3. The molecule has 3 rings (SSSR count). The van der Waals surface area contributed by atoms with E-state index >= 15 is 0 Å². The molecule has 0 radical (unpaired) electrons. The molecule has 1 aliphatic heterocycles. The fourth-order valence-corrected chi connectivity index (χ4v) is 5.13. The van der Waals surface area contributed by atoms with Gasteiger partial charge in [0.15, 0.2) is 5.96 Å². The standard InChI is InChI=1S/C21H31N5O2S2/c1-3-23-21(24-15-17-8-10-18(11-9-17)30(27,28)22-2)25-16-19(20-7-6-14-29-20)26-12-4-5-13-26/h6-11,14,19,22H,3-5,12-13,15-16H2,1-2H3,(H2,23,24,25). The minimum Gasteiger partial charge on any atom is -0.357 e. The van der Waals surface area contributed by atoms with Gasteiger partial charge in [0.25, 0.3) is 0 Å². The number of guanidine groups is 1. The van der Waals surface area contributed by atoms with Crippen LogP contribution in [-0.4, -0.2) is 52.5 Å². The van der Waals surface area contributed by atoms with Gasteiger partial charge in [-0.1, -0.05) is 18.2 Å². The summed E-state index contributed by atoms with van der Waals surface area (Å²) in [5, 5.41) is 8.94. The molecule has 0 saturated carbocycles. The van der Waals surface area contributed by atoms with Gasteiger partial charge in [-0.3, -0.25) is 4.90 Å². The Labute approximate surface area is 183 Å². The van der Waals surface area contributed by atoms with E-state index in [0.717, 1.165) is 37.7 Å². The molecule has 0 aliphatic carbocycles. The first-order valence-electron chi connectivity index (χ1n) is 10.4. The van der Waals surface area contributed by atoms with Crippen LogP contribution in [0.25, 0.3) is 0 Å². The highest BCUT2D eigenvalue weighted by molar-refractivity contribution is 7.89. The lowest BCUT2D eigenvalue weighted by atomic mass is 10.2. The monoisotopic (exact) mass is 449 g/mol. The molecule has 2 heterocycles. The smallest absolute Gasteiger partial charge is 0.240 e. The van der Waals surface area contributed by atoms with E-state index in [1.165, 1.54) is 24.8 Å². The lowest BCUT2D eigenvalue weighted by molar-refractivity contribution is 0.249. The first-order valence-corrected chi connectivity index (χ1v) is 12.7. The van der Waals surface area contributed by atoms with Gasteiger partial charge in [0.1, 0.15) is 0 Å². The van der Waals surface area contributed by atoms with Gasteiger partial charge in [-0.15, -0.1) is 11.3 Å². The molecule has 1 aromatic heterocycles. The van der Waals surface area contributed by atoms with Crippen molar-refractivity contribution in [1.82, 2.24) is 20.3 Å². The van der Waals surface area contributed by atoms with Crippen molar-refractivity contribution >= 4 is 27.3 Å². The molecule has 0 amide bonds. The van der Waals surface area contributed by atoms with Crippen LogP contribution in [0.15, 0.2) is 51.7 Å². The molecule has 3 N–H and O–H groups in total. The average molecular weight is 450 g/mol. The van der Waals surface area contributed by atoms with Crippen LogP contribution in [0.3, 0.4) is 0 Å². The minimum atomic E-state index is -3.42. The topological polar surface area (TPSA) is 85.8 Å². The normalized spacial score (nSPS) is 16.5. The molecule has 7 nitrogen and oxygen atoms in total. The van der Waals surface area contributed by atoms with Crippen molar-refractivity contribution in [2.45, 2.75) is 37.2 Å². The van der Waals surface area contributed by atoms with E-state index in [1.807, 2.05) is 6.92 Å². The van der Waals surface area contributed by atoms with E-state index < -0.39 is 10.0 Å². The van der Waals surface area contributed by atoms with Crippen LogP contribution in [0.4, 0.5) is 0 Å². The second-order valence-electron chi connectivity index (χ2n) is 7.20. The van der Waals surface area contributed by atoms with Crippen LogP contribution in [0, 0.1) is 0 Å². The minimum absolute atomic E-state index is 0.257. The molecular weight excluding hydrogens is 418 g/mol.